The van der Waals surface area contributed by atoms with E-state index in [4.69, 9.17) is 9.47 Å². The first-order valence-corrected chi connectivity index (χ1v) is 14.4. The molecule has 3 heterocycles. The van der Waals surface area contributed by atoms with Crippen LogP contribution in [0.3, 0.4) is 0 Å². The van der Waals surface area contributed by atoms with Gasteiger partial charge in [-0.1, -0.05) is 36.5 Å². The number of amides is 2. The van der Waals surface area contributed by atoms with Gasteiger partial charge in [-0.3, -0.25) is 19.3 Å². The van der Waals surface area contributed by atoms with Gasteiger partial charge in [0.15, 0.2) is 5.82 Å². The Morgan fingerprint density at radius 3 is 2.36 bits per heavy atom. The van der Waals surface area contributed by atoms with Crippen molar-refractivity contribution in [2.24, 2.45) is 0 Å². The van der Waals surface area contributed by atoms with Crippen LogP contribution in [0.4, 0.5) is 11.4 Å². The van der Waals surface area contributed by atoms with E-state index >= 15 is 0 Å². The largest absolute Gasteiger partial charge is 0.494 e. The number of hydrogen-bond donors (Lipinski definition) is 1. The number of fused-ring (bicyclic) bond motifs is 2. The minimum Gasteiger partial charge on any atom is -0.494 e. The van der Waals surface area contributed by atoms with Gasteiger partial charge in [-0.15, -0.1) is 5.10 Å². The fourth-order valence-electron chi connectivity index (χ4n) is 4.73. The summed E-state index contributed by atoms with van der Waals surface area (Å²) in [5.74, 6) is 1.06. The molecule has 0 unspecified atom stereocenters. The van der Waals surface area contributed by atoms with Gasteiger partial charge in [0.2, 0.25) is 10.9 Å². The third-order valence-corrected chi connectivity index (χ3v) is 7.67. The van der Waals surface area contributed by atoms with Crippen LogP contribution < -0.4 is 29.8 Å². The van der Waals surface area contributed by atoms with E-state index in [2.05, 4.69) is 15.4 Å². The number of nitrogens with one attached hydrogen (secondary N) is 1. The lowest BCUT2D eigenvalue weighted by atomic mass is 10.1. The Labute approximate surface area is 244 Å². The van der Waals surface area contributed by atoms with Crippen molar-refractivity contribution >= 4 is 45.1 Å². The van der Waals surface area contributed by atoms with Crippen LogP contribution >= 0.6 is 11.3 Å². The lowest BCUT2D eigenvalue weighted by Crippen LogP contribution is -2.37. The smallest absolute Gasteiger partial charge is 0.291 e. The standard InChI is InChI=1S/C31H27N5O5S/c1-3-17-41-22-13-9-19(10-14-22)28-33-31-36(34-28)30(39)27(42-31)26-23-7-5-6-8-24(23)35(29(26)38)18-25(37)32-20-11-15-21(16-12-20)40-4-2/h5-16H,3-4,17-18H2,1-2H3,(H,32,37)/b27-26-. The Bertz CT molecular complexity index is 1900. The quantitative estimate of drug-likeness (QED) is 0.281. The van der Waals surface area contributed by atoms with Crippen LogP contribution in [-0.4, -0.2) is 46.2 Å². The Kier molecular flexibility index (Phi) is 7.41. The van der Waals surface area contributed by atoms with Crippen LogP contribution in [0, 0.1) is 0 Å². The van der Waals surface area contributed by atoms with E-state index in [1.165, 1.54) is 9.42 Å². The average Bonchev–Trinajstić information content (AvgIpc) is 3.64. The van der Waals surface area contributed by atoms with Gasteiger partial charge in [0, 0.05) is 16.8 Å². The van der Waals surface area contributed by atoms with Crippen molar-refractivity contribution in [3.8, 4) is 22.9 Å². The molecule has 2 amide bonds. The van der Waals surface area contributed by atoms with Gasteiger partial charge >= 0.3 is 0 Å². The number of aromatic nitrogens is 3. The van der Waals surface area contributed by atoms with Gasteiger partial charge in [-0.2, -0.15) is 9.50 Å². The maximum Gasteiger partial charge on any atom is 0.291 e. The summed E-state index contributed by atoms with van der Waals surface area (Å²) < 4.78 is 12.5. The highest BCUT2D eigenvalue weighted by Crippen LogP contribution is 2.35. The SMILES string of the molecule is CCCOc1ccc(-c2nc3s/c(=C4\C(=O)N(CC(=O)Nc5ccc(OCC)cc5)c5ccccc54)c(=O)n3n2)cc1. The zero-order valence-electron chi connectivity index (χ0n) is 23.0. The molecular formula is C31H27N5O5S. The molecule has 0 spiro atoms. The van der Waals surface area contributed by atoms with Crippen molar-refractivity contribution in [1.82, 2.24) is 14.6 Å². The molecule has 0 saturated carbocycles. The number of para-hydroxylation sites is 1. The van der Waals surface area contributed by atoms with E-state index in [0.717, 1.165) is 29.1 Å². The maximum atomic E-state index is 13.7. The van der Waals surface area contributed by atoms with Crippen molar-refractivity contribution < 1.29 is 19.1 Å². The molecule has 11 heteroatoms. The second-order valence-electron chi connectivity index (χ2n) is 9.53. The predicted octanol–water partition coefficient (Wildman–Crippen LogP) is 3.91. The lowest BCUT2D eigenvalue weighted by molar-refractivity contribution is -0.118. The van der Waals surface area contributed by atoms with Crippen molar-refractivity contribution in [2.75, 3.05) is 30.0 Å². The van der Waals surface area contributed by atoms with Crippen LogP contribution in [-0.2, 0) is 9.59 Å². The Morgan fingerprint density at radius 1 is 0.929 bits per heavy atom. The van der Waals surface area contributed by atoms with E-state index in [0.29, 0.717) is 46.7 Å². The number of rotatable bonds is 9. The summed E-state index contributed by atoms with van der Waals surface area (Å²) in [7, 11) is 0. The predicted molar refractivity (Wildman–Crippen MR) is 161 cm³/mol. The minimum absolute atomic E-state index is 0.219. The number of hydrogen-bond acceptors (Lipinski definition) is 8. The summed E-state index contributed by atoms with van der Waals surface area (Å²) in [6.45, 7) is 4.89. The highest BCUT2D eigenvalue weighted by Gasteiger charge is 2.35. The number of carbonyl (C=O) groups is 2. The summed E-state index contributed by atoms with van der Waals surface area (Å²) in [6, 6.07) is 21.5. The first-order valence-electron chi connectivity index (χ1n) is 13.6. The highest BCUT2D eigenvalue weighted by atomic mass is 32.1. The monoisotopic (exact) mass is 581 g/mol. The van der Waals surface area contributed by atoms with Crippen molar-refractivity contribution in [3.05, 3.63) is 93.2 Å². The summed E-state index contributed by atoms with van der Waals surface area (Å²) in [6.07, 6.45) is 0.913. The van der Waals surface area contributed by atoms with Crippen LogP contribution in [0.25, 0.3) is 21.9 Å². The van der Waals surface area contributed by atoms with Gasteiger partial charge in [0.05, 0.1) is 24.5 Å². The maximum absolute atomic E-state index is 13.7. The molecule has 10 nitrogen and oxygen atoms in total. The zero-order chi connectivity index (χ0) is 29.2. The molecule has 0 saturated heterocycles. The molecule has 5 aromatic rings. The molecular weight excluding hydrogens is 554 g/mol. The first-order chi connectivity index (χ1) is 20.5. The fourth-order valence-corrected chi connectivity index (χ4v) is 5.73. The lowest BCUT2D eigenvalue weighted by Gasteiger charge is -2.16. The number of thiazole rings is 1. The Hall–Kier alpha value is -5.03. The summed E-state index contributed by atoms with van der Waals surface area (Å²) >= 11 is 1.10. The highest BCUT2D eigenvalue weighted by molar-refractivity contribution is 7.15. The molecule has 2 aromatic heterocycles. The molecule has 212 valence electrons. The molecule has 0 aliphatic carbocycles. The van der Waals surface area contributed by atoms with Gasteiger partial charge in [0.1, 0.15) is 22.6 Å². The Morgan fingerprint density at radius 2 is 1.64 bits per heavy atom. The molecule has 0 bridgehead atoms. The molecule has 6 rings (SSSR count). The molecule has 42 heavy (non-hydrogen) atoms. The zero-order valence-corrected chi connectivity index (χ0v) is 23.8. The van der Waals surface area contributed by atoms with Crippen molar-refractivity contribution in [2.45, 2.75) is 20.3 Å². The van der Waals surface area contributed by atoms with E-state index in [1.807, 2.05) is 38.1 Å². The minimum atomic E-state index is -0.435. The third-order valence-electron chi connectivity index (χ3n) is 6.64. The van der Waals surface area contributed by atoms with Crippen molar-refractivity contribution in [3.63, 3.8) is 0 Å². The normalized spacial score (nSPS) is 13.9. The molecule has 1 N–H and O–H groups in total. The fraction of sp³-hybridized carbons (Fsp3) is 0.194. The van der Waals surface area contributed by atoms with Crippen LogP contribution in [0.2, 0.25) is 0 Å². The Balaban J connectivity index is 1.29. The van der Waals surface area contributed by atoms with Crippen LogP contribution in [0.1, 0.15) is 25.8 Å². The second kappa shape index (κ2) is 11.5. The summed E-state index contributed by atoms with van der Waals surface area (Å²) in [5, 5.41) is 7.25. The topological polar surface area (TPSA) is 115 Å². The average molecular weight is 582 g/mol. The van der Waals surface area contributed by atoms with E-state index in [1.54, 1.807) is 48.5 Å². The molecule has 3 aromatic carbocycles. The molecule has 1 aliphatic heterocycles. The van der Waals surface area contributed by atoms with E-state index in [9.17, 15) is 14.4 Å². The molecule has 0 radical (unpaired) electrons. The van der Waals surface area contributed by atoms with Gasteiger partial charge < -0.3 is 14.8 Å². The van der Waals surface area contributed by atoms with Gasteiger partial charge in [0.25, 0.3) is 11.5 Å². The number of ether oxygens (including phenoxy) is 2. The number of benzene rings is 3. The van der Waals surface area contributed by atoms with Gasteiger partial charge in [-0.05, 0) is 67.9 Å². The third kappa shape index (κ3) is 5.10. The first kappa shape index (κ1) is 27.2. The van der Waals surface area contributed by atoms with Crippen molar-refractivity contribution in [1.29, 1.82) is 0 Å². The summed E-state index contributed by atoms with van der Waals surface area (Å²) in [4.78, 5) is 46.5. The number of carbonyl (C=O) groups excluding carboxylic acids is 2. The molecule has 1 aliphatic rings. The number of nitrogens with zero attached hydrogens (tertiary/aromatic N) is 4. The van der Waals surface area contributed by atoms with Gasteiger partial charge in [-0.25, -0.2) is 0 Å². The molecule has 0 fully saturated rings. The summed E-state index contributed by atoms with van der Waals surface area (Å²) in [5.41, 5.74) is 2.27. The van der Waals surface area contributed by atoms with E-state index < -0.39 is 11.5 Å². The van der Waals surface area contributed by atoms with Crippen LogP contribution in [0.15, 0.2) is 77.6 Å². The second-order valence-corrected chi connectivity index (χ2v) is 10.5. The molecule has 0 atom stereocenters. The van der Waals surface area contributed by atoms with E-state index in [-0.39, 0.29) is 22.6 Å². The van der Waals surface area contributed by atoms with Crippen LogP contribution in [0.5, 0.6) is 11.5 Å². The number of anilines is 2.